The van der Waals surface area contributed by atoms with E-state index >= 15 is 0 Å². The zero-order valence-electron chi connectivity index (χ0n) is 11.1. The van der Waals surface area contributed by atoms with Gasteiger partial charge in [0.2, 0.25) is 0 Å². The van der Waals surface area contributed by atoms with E-state index in [1.807, 2.05) is 0 Å². The minimum Gasteiger partial charge on any atom is -0.382 e. The number of aromatic amines is 1. The molecule has 1 aliphatic heterocycles. The zero-order chi connectivity index (χ0) is 14.0. The van der Waals surface area contributed by atoms with Crippen LogP contribution < -0.4 is 5.73 Å². The lowest BCUT2D eigenvalue weighted by atomic mass is 10.3. The van der Waals surface area contributed by atoms with Crippen LogP contribution in [0, 0.1) is 0 Å². The van der Waals surface area contributed by atoms with Crippen molar-refractivity contribution in [1.82, 2.24) is 24.9 Å². The van der Waals surface area contributed by atoms with Crippen molar-refractivity contribution in [2.45, 2.75) is 0 Å². The molecule has 0 bridgehead atoms. The molecule has 1 aliphatic rings. The Hall–Kier alpha value is -2.25. The Kier molecular flexibility index (Phi) is 3.59. The topological polar surface area (TPSA) is 98.6 Å². The second kappa shape index (κ2) is 5.17. The SMILES string of the molecule is CN(C)C(=O)N1CCN(C(=O)c2cc(N)n[nH]2)CC1. The molecule has 0 radical (unpaired) electrons. The van der Waals surface area contributed by atoms with Gasteiger partial charge in [-0.1, -0.05) is 0 Å². The number of H-pyrrole nitrogens is 1. The van der Waals surface area contributed by atoms with E-state index in [-0.39, 0.29) is 11.9 Å². The smallest absolute Gasteiger partial charge is 0.319 e. The summed E-state index contributed by atoms with van der Waals surface area (Å²) in [6.45, 7) is 2.09. The van der Waals surface area contributed by atoms with E-state index in [1.54, 1.807) is 23.9 Å². The van der Waals surface area contributed by atoms with Crippen molar-refractivity contribution in [3.8, 4) is 0 Å². The molecule has 1 fully saturated rings. The summed E-state index contributed by atoms with van der Waals surface area (Å²) >= 11 is 0. The molecule has 0 aromatic carbocycles. The molecule has 8 nitrogen and oxygen atoms in total. The van der Waals surface area contributed by atoms with Crippen LogP contribution in [-0.4, -0.2) is 77.1 Å². The Morgan fingerprint density at radius 3 is 2.32 bits per heavy atom. The molecule has 0 aliphatic carbocycles. The molecule has 0 saturated carbocycles. The van der Waals surface area contributed by atoms with Gasteiger partial charge in [-0.15, -0.1) is 0 Å². The maximum absolute atomic E-state index is 12.1. The number of carbonyl (C=O) groups is 2. The molecule has 1 aromatic rings. The highest BCUT2D eigenvalue weighted by atomic mass is 16.2. The zero-order valence-corrected chi connectivity index (χ0v) is 11.1. The normalized spacial score (nSPS) is 15.5. The van der Waals surface area contributed by atoms with Crippen LogP contribution >= 0.6 is 0 Å². The van der Waals surface area contributed by atoms with Gasteiger partial charge in [0, 0.05) is 46.3 Å². The monoisotopic (exact) mass is 266 g/mol. The number of nitrogens with one attached hydrogen (secondary N) is 1. The highest BCUT2D eigenvalue weighted by molar-refractivity contribution is 5.93. The fraction of sp³-hybridized carbons (Fsp3) is 0.545. The summed E-state index contributed by atoms with van der Waals surface area (Å²) in [6.07, 6.45) is 0. The number of amides is 3. The molecule has 0 unspecified atom stereocenters. The number of aromatic nitrogens is 2. The van der Waals surface area contributed by atoms with E-state index in [0.717, 1.165) is 0 Å². The highest BCUT2D eigenvalue weighted by Gasteiger charge is 2.26. The number of urea groups is 1. The molecule has 19 heavy (non-hydrogen) atoms. The lowest BCUT2D eigenvalue weighted by Crippen LogP contribution is -2.52. The van der Waals surface area contributed by atoms with Gasteiger partial charge in [-0.3, -0.25) is 9.89 Å². The molecule has 3 N–H and O–H groups in total. The maximum atomic E-state index is 12.1. The minimum absolute atomic E-state index is 0.0297. The summed E-state index contributed by atoms with van der Waals surface area (Å²) in [4.78, 5) is 28.8. The van der Waals surface area contributed by atoms with Crippen LogP contribution in [0.25, 0.3) is 0 Å². The van der Waals surface area contributed by atoms with Gasteiger partial charge in [-0.05, 0) is 0 Å². The van der Waals surface area contributed by atoms with Crippen LogP contribution in [-0.2, 0) is 0 Å². The molecular weight excluding hydrogens is 248 g/mol. The molecule has 0 spiro atoms. The molecule has 2 heterocycles. The predicted octanol–water partition coefficient (Wildman–Crippen LogP) is -0.569. The molecule has 3 amide bonds. The van der Waals surface area contributed by atoms with Gasteiger partial charge in [0.15, 0.2) is 0 Å². The van der Waals surface area contributed by atoms with E-state index in [2.05, 4.69) is 10.2 Å². The number of nitrogens with two attached hydrogens (primary N) is 1. The fourth-order valence-electron chi connectivity index (χ4n) is 2.00. The Morgan fingerprint density at radius 2 is 1.84 bits per heavy atom. The summed E-state index contributed by atoms with van der Waals surface area (Å²) in [5, 5.41) is 6.33. The Bertz CT molecular complexity index is 475. The maximum Gasteiger partial charge on any atom is 0.319 e. The van der Waals surface area contributed by atoms with Crippen LogP contribution in [0.15, 0.2) is 6.07 Å². The van der Waals surface area contributed by atoms with E-state index in [0.29, 0.717) is 37.7 Å². The molecule has 1 saturated heterocycles. The second-order valence-electron chi connectivity index (χ2n) is 4.66. The lowest BCUT2D eigenvalue weighted by Gasteiger charge is -2.35. The largest absolute Gasteiger partial charge is 0.382 e. The van der Waals surface area contributed by atoms with Gasteiger partial charge in [0.1, 0.15) is 11.5 Å². The van der Waals surface area contributed by atoms with E-state index in [9.17, 15) is 9.59 Å². The van der Waals surface area contributed by atoms with Crippen molar-refractivity contribution in [2.24, 2.45) is 0 Å². The Labute approximate surface area is 111 Å². The van der Waals surface area contributed by atoms with E-state index < -0.39 is 0 Å². The standard InChI is InChI=1S/C11H18N6O2/c1-15(2)11(19)17-5-3-16(4-6-17)10(18)8-7-9(12)14-13-8/h7H,3-6H2,1-2H3,(H3,12,13,14). The summed E-state index contributed by atoms with van der Waals surface area (Å²) in [5.74, 6) is 0.158. The first-order chi connectivity index (χ1) is 8.99. The van der Waals surface area contributed by atoms with Gasteiger partial charge in [0.25, 0.3) is 5.91 Å². The van der Waals surface area contributed by atoms with Gasteiger partial charge in [-0.25, -0.2) is 4.79 Å². The highest BCUT2D eigenvalue weighted by Crippen LogP contribution is 2.09. The van der Waals surface area contributed by atoms with Crippen molar-refractivity contribution in [3.05, 3.63) is 11.8 Å². The third kappa shape index (κ3) is 2.78. The molecule has 0 atom stereocenters. The third-order valence-corrected chi connectivity index (χ3v) is 3.05. The van der Waals surface area contributed by atoms with Crippen LogP contribution in [0.1, 0.15) is 10.5 Å². The van der Waals surface area contributed by atoms with Crippen molar-refractivity contribution in [2.75, 3.05) is 46.0 Å². The molecule has 2 rings (SSSR count). The Morgan fingerprint density at radius 1 is 1.26 bits per heavy atom. The number of hydrogen-bond donors (Lipinski definition) is 2. The first-order valence-corrected chi connectivity index (χ1v) is 6.05. The summed E-state index contributed by atoms with van der Waals surface area (Å²) < 4.78 is 0. The van der Waals surface area contributed by atoms with Crippen molar-refractivity contribution >= 4 is 17.8 Å². The Balaban J connectivity index is 1.93. The molecular formula is C11H18N6O2. The van der Waals surface area contributed by atoms with Crippen LogP contribution in [0.4, 0.5) is 10.6 Å². The van der Waals surface area contributed by atoms with Crippen molar-refractivity contribution < 1.29 is 9.59 Å². The van der Waals surface area contributed by atoms with Gasteiger partial charge in [0.05, 0.1) is 0 Å². The van der Waals surface area contributed by atoms with E-state index in [4.69, 9.17) is 5.73 Å². The number of nitrogens with zero attached hydrogens (tertiary/aromatic N) is 4. The average molecular weight is 266 g/mol. The number of nitrogen functional groups attached to an aromatic ring is 1. The quantitative estimate of drug-likeness (QED) is 0.711. The number of piperazine rings is 1. The lowest BCUT2D eigenvalue weighted by molar-refractivity contribution is 0.0644. The van der Waals surface area contributed by atoms with Gasteiger partial charge in [-0.2, -0.15) is 5.10 Å². The fourth-order valence-corrected chi connectivity index (χ4v) is 2.00. The third-order valence-electron chi connectivity index (χ3n) is 3.05. The van der Waals surface area contributed by atoms with Gasteiger partial charge >= 0.3 is 6.03 Å². The number of carbonyl (C=O) groups excluding carboxylic acids is 2. The number of rotatable bonds is 1. The predicted molar refractivity (Wildman–Crippen MR) is 69.6 cm³/mol. The second-order valence-corrected chi connectivity index (χ2v) is 4.66. The van der Waals surface area contributed by atoms with Crippen molar-refractivity contribution in [3.63, 3.8) is 0 Å². The number of anilines is 1. The first kappa shape index (κ1) is 13.2. The summed E-state index contributed by atoms with van der Waals surface area (Å²) in [6, 6.07) is 1.48. The first-order valence-electron chi connectivity index (χ1n) is 6.05. The van der Waals surface area contributed by atoms with Crippen LogP contribution in [0.3, 0.4) is 0 Å². The summed E-state index contributed by atoms with van der Waals surface area (Å²) in [5.41, 5.74) is 5.85. The molecule has 1 aromatic heterocycles. The molecule has 104 valence electrons. The van der Waals surface area contributed by atoms with Crippen LogP contribution in [0.5, 0.6) is 0 Å². The number of hydrogen-bond acceptors (Lipinski definition) is 4. The van der Waals surface area contributed by atoms with E-state index in [1.165, 1.54) is 11.0 Å². The summed E-state index contributed by atoms with van der Waals surface area (Å²) in [7, 11) is 3.43. The average Bonchev–Trinajstić information content (AvgIpc) is 2.84. The van der Waals surface area contributed by atoms with Gasteiger partial charge < -0.3 is 20.4 Å². The van der Waals surface area contributed by atoms with Crippen molar-refractivity contribution in [1.29, 1.82) is 0 Å². The molecule has 8 heteroatoms. The minimum atomic E-state index is -0.138. The van der Waals surface area contributed by atoms with Crippen LogP contribution in [0.2, 0.25) is 0 Å².